The van der Waals surface area contributed by atoms with Gasteiger partial charge < -0.3 is 15.0 Å². The molecule has 0 aliphatic rings. The summed E-state index contributed by atoms with van der Waals surface area (Å²) in [7, 11) is 0. The van der Waals surface area contributed by atoms with E-state index in [9.17, 15) is 9.59 Å². The van der Waals surface area contributed by atoms with Gasteiger partial charge in [0.25, 0.3) is 5.91 Å². The summed E-state index contributed by atoms with van der Waals surface area (Å²) in [6, 6.07) is 5.66. The lowest BCUT2D eigenvalue weighted by atomic mass is 10.1. The first-order valence-electron chi connectivity index (χ1n) is 8.24. The van der Waals surface area contributed by atoms with Gasteiger partial charge in [-0.2, -0.15) is 0 Å². The van der Waals surface area contributed by atoms with Crippen LogP contribution in [-0.4, -0.2) is 28.1 Å². The normalized spacial score (nSPS) is 11.0. The van der Waals surface area contributed by atoms with E-state index in [1.807, 2.05) is 36.6 Å². The van der Waals surface area contributed by atoms with Gasteiger partial charge in [0, 0.05) is 35.4 Å². The van der Waals surface area contributed by atoms with Crippen LogP contribution in [0.2, 0.25) is 5.02 Å². The number of nitrogens with one attached hydrogen (secondary N) is 1. The van der Waals surface area contributed by atoms with Crippen molar-refractivity contribution >= 4 is 34.4 Å². The van der Waals surface area contributed by atoms with Crippen LogP contribution < -0.4 is 5.32 Å². The zero-order chi connectivity index (χ0) is 17.7. The third-order valence-electron chi connectivity index (χ3n) is 4.16. The predicted molar refractivity (Wildman–Crippen MR) is 95.8 cm³/mol. The number of carbonyl (C=O) groups excluding carboxylic acids is 1. The van der Waals surface area contributed by atoms with E-state index in [1.54, 1.807) is 0 Å². The molecule has 0 bridgehead atoms. The molecule has 130 valence electrons. The molecule has 2 rings (SSSR count). The van der Waals surface area contributed by atoms with Gasteiger partial charge in [-0.3, -0.25) is 9.59 Å². The molecule has 0 spiro atoms. The highest BCUT2D eigenvalue weighted by Gasteiger charge is 2.19. The number of benzene rings is 1. The molecule has 0 saturated heterocycles. The standard InChI is InChI=1S/C18H23ClN2O3/c1-3-21-15-9-8-13(19)11-14(15)12(2)17(21)18(24)20-10-6-4-5-7-16(22)23/h8-9,11H,3-7,10H2,1-2H3,(H,20,24)(H,22,23). The van der Waals surface area contributed by atoms with Crippen molar-refractivity contribution < 1.29 is 14.7 Å². The van der Waals surface area contributed by atoms with Crippen LogP contribution in [-0.2, 0) is 11.3 Å². The fraction of sp³-hybridized carbons (Fsp3) is 0.444. The lowest BCUT2D eigenvalue weighted by molar-refractivity contribution is -0.137. The van der Waals surface area contributed by atoms with Crippen LogP contribution >= 0.6 is 11.6 Å². The maximum atomic E-state index is 12.6. The number of amides is 1. The first kappa shape index (κ1) is 18.3. The monoisotopic (exact) mass is 350 g/mol. The number of fused-ring (bicyclic) bond motifs is 1. The Morgan fingerprint density at radius 3 is 2.67 bits per heavy atom. The summed E-state index contributed by atoms with van der Waals surface area (Å²) < 4.78 is 2.00. The van der Waals surface area contributed by atoms with Crippen LogP contribution in [0.25, 0.3) is 10.9 Å². The first-order chi connectivity index (χ1) is 11.5. The third kappa shape index (κ3) is 4.09. The number of carbonyl (C=O) groups is 2. The topological polar surface area (TPSA) is 71.3 Å². The number of carboxylic acid groups (broad SMARTS) is 1. The van der Waals surface area contributed by atoms with E-state index in [1.165, 1.54) is 0 Å². The third-order valence-corrected chi connectivity index (χ3v) is 4.40. The zero-order valence-corrected chi connectivity index (χ0v) is 14.8. The number of halogens is 1. The van der Waals surface area contributed by atoms with E-state index in [4.69, 9.17) is 16.7 Å². The highest BCUT2D eigenvalue weighted by molar-refractivity contribution is 6.31. The number of carboxylic acids is 1. The molecule has 0 unspecified atom stereocenters. The molecule has 2 N–H and O–H groups in total. The molecule has 6 heteroatoms. The summed E-state index contributed by atoms with van der Waals surface area (Å²) in [4.78, 5) is 23.0. The molecule has 1 heterocycles. The Kier molecular flexibility index (Phi) is 6.26. The van der Waals surface area contributed by atoms with Crippen molar-refractivity contribution in [2.45, 2.75) is 46.1 Å². The molecule has 1 aromatic carbocycles. The van der Waals surface area contributed by atoms with Crippen LogP contribution in [0.3, 0.4) is 0 Å². The number of aliphatic carboxylic acids is 1. The van der Waals surface area contributed by atoms with Crippen molar-refractivity contribution in [2.75, 3.05) is 6.54 Å². The van der Waals surface area contributed by atoms with E-state index in [0.717, 1.165) is 29.3 Å². The summed E-state index contributed by atoms with van der Waals surface area (Å²) in [6.45, 7) is 5.19. The number of hydrogen-bond donors (Lipinski definition) is 2. The molecule has 0 aliphatic carbocycles. The summed E-state index contributed by atoms with van der Waals surface area (Å²) in [5.41, 5.74) is 2.60. The molecule has 0 atom stereocenters. The second-order valence-corrected chi connectivity index (χ2v) is 6.28. The molecule has 5 nitrogen and oxygen atoms in total. The van der Waals surface area contributed by atoms with E-state index < -0.39 is 5.97 Å². The van der Waals surface area contributed by atoms with Gasteiger partial charge in [0.2, 0.25) is 0 Å². The average molecular weight is 351 g/mol. The largest absolute Gasteiger partial charge is 0.481 e. The minimum absolute atomic E-state index is 0.0973. The van der Waals surface area contributed by atoms with E-state index in [2.05, 4.69) is 5.32 Å². The number of aromatic nitrogens is 1. The van der Waals surface area contributed by atoms with Crippen LogP contribution in [0.4, 0.5) is 0 Å². The molecular formula is C18H23ClN2O3. The number of nitrogens with zero attached hydrogens (tertiary/aromatic N) is 1. The van der Waals surface area contributed by atoms with Gasteiger partial charge in [0.1, 0.15) is 5.69 Å². The average Bonchev–Trinajstić information content (AvgIpc) is 2.82. The summed E-state index contributed by atoms with van der Waals surface area (Å²) in [5, 5.41) is 13.2. The van der Waals surface area contributed by atoms with Crippen LogP contribution in [0.15, 0.2) is 18.2 Å². The maximum Gasteiger partial charge on any atom is 0.303 e. The fourth-order valence-electron chi connectivity index (χ4n) is 2.98. The van der Waals surface area contributed by atoms with Gasteiger partial charge in [-0.05, 0) is 50.5 Å². The summed E-state index contributed by atoms with van der Waals surface area (Å²) in [5.74, 6) is -0.874. The van der Waals surface area contributed by atoms with Crippen molar-refractivity contribution in [3.63, 3.8) is 0 Å². The molecule has 0 saturated carbocycles. The quantitative estimate of drug-likeness (QED) is 0.707. The Balaban J connectivity index is 2.06. The van der Waals surface area contributed by atoms with Crippen molar-refractivity contribution in [2.24, 2.45) is 0 Å². The Labute approximate surface area is 146 Å². The Morgan fingerprint density at radius 1 is 1.25 bits per heavy atom. The molecule has 1 amide bonds. The molecule has 0 radical (unpaired) electrons. The van der Waals surface area contributed by atoms with Gasteiger partial charge in [-0.25, -0.2) is 0 Å². The van der Waals surface area contributed by atoms with Crippen molar-refractivity contribution in [3.05, 3.63) is 34.5 Å². The number of hydrogen-bond acceptors (Lipinski definition) is 2. The molecule has 0 aliphatic heterocycles. The number of rotatable bonds is 8. The Bertz CT molecular complexity index is 752. The first-order valence-corrected chi connectivity index (χ1v) is 8.61. The minimum atomic E-state index is -0.777. The molecule has 24 heavy (non-hydrogen) atoms. The van der Waals surface area contributed by atoms with Gasteiger partial charge in [0.05, 0.1) is 0 Å². The lowest BCUT2D eigenvalue weighted by Gasteiger charge is -2.10. The van der Waals surface area contributed by atoms with Gasteiger partial charge in [-0.1, -0.05) is 18.0 Å². The molecule has 2 aromatic rings. The lowest BCUT2D eigenvalue weighted by Crippen LogP contribution is -2.27. The zero-order valence-electron chi connectivity index (χ0n) is 14.1. The number of aryl methyl sites for hydroxylation is 2. The number of unbranched alkanes of at least 4 members (excludes halogenated alkanes) is 2. The van der Waals surface area contributed by atoms with Crippen LogP contribution in [0.5, 0.6) is 0 Å². The molecular weight excluding hydrogens is 328 g/mol. The van der Waals surface area contributed by atoms with Gasteiger partial charge >= 0.3 is 5.97 Å². The second-order valence-electron chi connectivity index (χ2n) is 5.84. The van der Waals surface area contributed by atoms with Crippen LogP contribution in [0, 0.1) is 6.92 Å². The van der Waals surface area contributed by atoms with Crippen molar-refractivity contribution in [1.29, 1.82) is 0 Å². The molecule has 1 aromatic heterocycles. The van der Waals surface area contributed by atoms with Crippen LogP contribution in [0.1, 0.15) is 48.7 Å². The predicted octanol–water partition coefficient (Wildman–Crippen LogP) is 4.00. The van der Waals surface area contributed by atoms with E-state index in [-0.39, 0.29) is 12.3 Å². The SMILES string of the molecule is CCn1c(C(=O)NCCCCCC(=O)O)c(C)c2cc(Cl)ccc21. The molecule has 0 fully saturated rings. The second kappa shape index (κ2) is 8.20. The van der Waals surface area contributed by atoms with E-state index in [0.29, 0.717) is 30.2 Å². The van der Waals surface area contributed by atoms with Crippen molar-refractivity contribution in [1.82, 2.24) is 9.88 Å². The van der Waals surface area contributed by atoms with Gasteiger partial charge in [-0.15, -0.1) is 0 Å². The van der Waals surface area contributed by atoms with Gasteiger partial charge in [0.15, 0.2) is 0 Å². The van der Waals surface area contributed by atoms with Crippen molar-refractivity contribution in [3.8, 4) is 0 Å². The minimum Gasteiger partial charge on any atom is -0.481 e. The highest BCUT2D eigenvalue weighted by atomic mass is 35.5. The fourth-order valence-corrected chi connectivity index (χ4v) is 3.15. The maximum absolute atomic E-state index is 12.6. The smallest absolute Gasteiger partial charge is 0.303 e. The Morgan fingerprint density at radius 2 is 2.00 bits per heavy atom. The Hall–Kier alpha value is -2.01. The highest BCUT2D eigenvalue weighted by Crippen LogP contribution is 2.28. The summed E-state index contributed by atoms with van der Waals surface area (Å²) in [6.07, 6.45) is 2.38. The van der Waals surface area contributed by atoms with E-state index >= 15 is 0 Å². The summed E-state index contributed by atoms with van der Waals surface area (Å²) >= 11 is 6.08.